The predicted octanol–water partition coefficient (Wildman–Crippen LogP) is 2.00. The Kier molecular flexibility index (Phi) is 4.84. The number of methoxy groups -OCH3 is 2. The lowest BCUT2D eigenvalue weighted by Gasteiger charge is -2.30. The summed E-state index contributed by atoms with van der Waals surface area (Å²) in [5.41, 5.74) is 1.08. The van der Waals surface area contributed by atoms with Gasteiger partial charge in [-0.2, -0.15) is 0 Å². The van der Waals surface area contributed by atoms with Crippen molar-refractivity contribution in [3.05, 3.63) is 23.8 Å². The molecule has 5 nitrogen and oxygen atoms in total. The molecule has 1 N–H and O–H groups in total. The molecule has 1 saturated heterocycles. The SMILES string of the molecule is COc1cc(CN2CCCC(C(=O)O)C2)cc(OC)c1. The number of carbonyl (C=O) groups is 1. The van der Waals surface area contributed by atoms with Gasteiger partial charge in [0.25, 0.3) is 0 Å². The Bertz CT molecular complexity index is 453. The fourth-order valence-electron chi connectivity index (χ4n) is 2.62. The number of nitrogens with zero attached hydrogens (tertiary/aromatic N) is 1. The maximum atomic E-state index is 11.1. The molecular formula is C15H21NO4. The van der Waals surface area contributed by atoms with Crippen LogP contribution < -0.4 is 9.47 Å². The second-order valence-corrected chi connectivity index (χ2v) is 5.13. The first-order chi connectivity index (χ1) is 9.62. The summed E-state index contributed by atoms with van der Waals surface area (Å²) in [4.78, 5) is 13.3. The normalized spacial score (nSPS) is 19.6. The Labute approximate surface area is 119 Å². The zero-order chi connectivity index (χ0) is 14.5. The first-order valence-corrected chi connectivity index (χ1v) is 6.79. The number of carboxylic acid groups (broad SMARTS) is 1. The molecule has 1 aromatic carbocycles. The van der Waals surface area contributed by atoms with E-state index in [4.69, 9.17) is 14.6 Å². The van der Waals surface area contributed by atoms with Crippen molar-refractivity contribution in [3.63, 3.8) is 0 Å². The van der Waals surface area contributed by atoms with E-state index >= 15 is 0 Å². The van der Waals surface area contributed by atoms with Crippen LogP contribution in [-0.4, -0.2) is 43.3 Å². The second-order valence-electron chi connectivity index (χ2n) is 5.13. The number of likely N-dealkylation sites (tertiary alicyclic amines) is 1. The number of hydrogen-bond donors (Lipinski definition) is 1. The first kappa shape index (κ1) is 14.7. The molecule has 0 radical (unpaired) electrons. The standard InChI is InChI=1S/C15H21NO4/c1-19-13-6-11(7-14(8-13)20-2)9-16-5-3-4-12(10-16)15(17)18/h6-8,12H,3-5,9-10H2,1-2H3,(H,17,18). The molecule has 110 valence electrons. The van der Waals surface area contributed by atoms with Crippen LogP contribution in [0.1, 0.15) is 18.4 Å². The lowest BCUT2D eigenvalue weighted by Crippen LogP contribution is -2.38. The van der Waals surface area contributed by atoms with Gasteiger partial charge in [0.15, 0.2) is 0 Å². The molecule has 1 aliphatic rings. The highest BCUT2D eigenvalue weighted by Gasteiger charge is 2.25. The summed E-state index contributed by atoms with van der Waals surface area (Å²) in [7, 11) is 3.25. The van der Waals surface area contributed by atoms with Gasteiger partial charge in [-0.1, -0.05) is 0 Å². The maximum Gasteiger partial charge on any atom is 0.307 e. The van der Waals surface area contributed by atoms with Crippen molar-refractivity contribution in [2.75, 3.05) is 27.3 Å². The number of piperidine rings is 1. The third-order valence-electron chi connectivity index (χ3n) is 3.67. The van der Waals surface area contributed by atoms with E-state index in [9.17, 15) is 4.79 Å². The molecule has 0 spiro atoms. The summed E-state index contributed by atoms with van der Waals surface area (Å²) in [6.45, 7) is 2.26. The molecule has 0 bridgehead atoms. The van der Waals surface area contributed by atoms with Crippen molar-refractivity contribution >= 4 is 5.97 Å². The molecule has 5 heteroatoms. The van der Waals surface area contributed by atoms with Crippen molar-refractivity contribution in [3.8, 4) is 11.5 Å². The lowest BCUT2D eigenvalue weighted by atomic mass is 9.98. The van der Waals surface area contributed by atoms with Crippen molar-refractivity contribution in [1.82, 2.24) is 4.90 Å². The van der Waals surface area contributed by atoms with E-state index in [0.29, 0.717) is 6.54 Å². The quantitative estimate of drug-likeness (QED) is 0.893. The summed E-state index contributed by atoms with van der Waals surface area (Å²) in [5, 5.41) is 9.12. The van der Waals surface area contributed by atoms with Gasteiger partial charge in [0.1, 0.15) is 11.5 Å². The van der Waals surface area contributed by atoms with Crippen LogP contribution in [-0.2, 0) is 11.3 Å². The summed E-state index contributed by atoms with van der Waals surface area (Å²) < 4.78 is 10.5. The monoisotopic (exact) mass is 279 g/mol. The zero-order valence-electron chi connectivity index (χ0n) is 12.0. The van der Waals surface area contributed by atoms with Crippen LogP contribution in [0.5, 0.6) is 11.5 Å². The molecule has 0 saturated carbocycles. The highest BCUT2D eigenvalue weighted by molar-refractivity contribution is 5.70. The van der Waals surface area contributed by atoms with E-state index in [1.807, 2.05) is 18.2 Å². The number of aliphatic carboxylic acids is 1. The second kappa shape index (κ2) is 6.61. The average Bonchev–Trinajstić information content (AvgIpc) is 2.47. The third kappa shape index (κ3) is 3.63. The van der Waals surface area contributed by atoms with Crippen molar-refractivity contribution in [2.45, 2.75) is 19.4 Å². The minimum absolute atomic E-state index is 0.253. The number of carboxylic acids is 1. The number of ether oxygens (including phenoxy) is 2. The number of hydrogen-bond acceptors (Lipinski definition) is 4. The van der Waals surface area contributed by atoms with Crippen LogP contribution in [0.15, 0.2) is 18.2 Å². The van der Waals surface area contributed by atoms with Crippen LogP contribution in [0, 0.1) is 5.92 Å². The summed E-state index contributed by atoms with van der Waals surface area (Å²) >= 11 is 0. The molecule has 20 heavy (non-hydrogen) atoms. The van der Waals surface area contributed by atoms with Crippen molar-refractivity contribution < 1.29 is 19.4 Å². The number of rotatable bonds is 5. The molecule has 1 unspecified atom stereocenters. The van der Waals surface area contributed by atoms with E-state index in [-0.39, 0.29) is 5.92 Å². The Balaban J connectivity index is 2.07. The Morgan fingerprint density at radius 1 is 1.30 bits per heavy atom. The maximum absolute atomic E-state index is 11.1. The van der Waals surface area contributed by atoms with Crippen LogP contribution in [0.25, 0.3) is 0 Å². The van der Waals surface area contributed by atoms with Gasteiger partial charge in [-0.3, -0.25) is 9.69 Å². The van der Waals surface area contributed by atoms with E-state index < -0.39 is 5.97 Å². The largest absolute Gasteiger partial charge is 0.497 e. The highest BCUT2D eigenvalue weighted by Crippen LogP contribution is 2.25. The van der Waals surface area contributed by atoms with Gasteiger partial charge in [0.05, 0.1) is 20.1 Å². The Hall–Kier alpha value is -1.75. The molecule has 1 aliphatic heterocycles. The molecule has 0 aromatic heterocycles. The minimum Gasteiger partial charge on any atom is -0.497 e. The van der Waals surface area contributed by atoms with Crippen LogP contribution in [0.3, 0.4) is 0 Å². The van der Waals surface area contributed by atoms with Gasteiger partial charge in [-0.05, 0) is 37.1 Å². The van der Waals surface area contributed by atoms with Crippen LogP contribution in [0.4, 0.5) is 0 Å². The molecule has 1 fully saturated rings. The van der Waals surface area contributed by atoms with Gasteiger partial charge >= 0.3 is 5.97 Å². The van der Waals surface area contributed by atoms with Gasteiger partial charge in [0.2, 0.25) is 0 Å². The summed E-state index contributed by atoms with van der Waals surface area (Å²) in [6.07, 6.45) is 1.70. The molecule has 0 aliphatic carbocycles. The first-order valence-electron chi connectivity index (χ1n) is 6.79. The fraction of sp³-hybridized carbons (Fsp3) is 0.533. The molecule has 1 heterocycles. The lowest BCUT2D eigenvalue weighted by molar-refractivity contribution is -0.143. The van der Waals surface area contributed by atoms with Gasteiger partial charge in [-0.25, -0.2) is 0 Å². The zero-order valence-corrected chi connectivity index (χ0v) is 12.0. The predicted molar refractivity (Wildman–Crippen MR) is 75.2 cm³/mol. The summed E-state index contributed by atoms with van der Waals surface area (Å²) in [5.74, 6) is 0.562. The average molecular weight is 279 g/mol. The fourth-order valence-corrected chi connectivity index (χ4v) is 2.62. The summed E-state index contributed by atoms with van der Waals surface area (Å²) in [6, 6.07) is 5.76. The number of benzene rings is 1. The molecule has 2 rings (SSSR count). The topological polar surface area (TPSA) is 59.0 Å². The van der Waals surface area contributed by atoms with Gasteiger partial charge in [-0.15, -0.1) is 0 Å². The third-order valence-corrected chi connectivity index (χ3v) is 3.67. The molecule has 1 aromatic rings. The van der Waals surface area contributed by atoms with Crippen molar-refractivity contribution in [1.29, 1.82) is 0 Å². The Morgan fingerprint density at radius 2 is 1.95 bits per heavy atom. The van der Waals surface area contributed by atoms with E-state index in [0.717, 1.165) is 43.0 Å². The smallest absolute Gasteiger partial charge is 0.307 e. The molecule has 0 amide bonds. The highest BCUT2D eigenvalue weighted by atomic mass is 16.5. The minimum atomic E-state index is -0.696. The van der Waals surface area contributed by atoms with E-state index in [2.05, 4.69) is 4.90 Å². The Morgan fingerprint density at radius 3 is 2.50 bits per heavy atom. The van der Waals surface area contributed by atoms with Gasteiger partial charge < -0.3 is 14.6 Å². The van der Waals surface area contributed by atoms with E-state index in [1.54, 1.807) is 14.2 Å². The van der Waals surface area contributed by atoms with Crippen LogP contribution >= 0.6 is 0 Å². The van der Waals surface area contributed by atoms with Gasteiger partial charge in [0, 0.05) is 19.2 Å². The molecular weight excluding hydrogens is 258 g/mol. The van der Waals surface area contributed by atoms with Crippen LogP contribution in [0.2, 0.25) is 0 Å². The van der Waals surface area contributed by atoms with Crippen molar-refractivity contribution in [2.24, 2.45) is 5.92 Å². The van der Waals surface area contributed by atoms with E-state index in [1.165, 1.54) is 0 Å². The molecule has 1 atom stereocenters.